The van der Waals surface area contributed by atoms with Crippen LogP contribution in [0, 0.1) is 0 Å². The second-order valence-corrected chi connectivity index (χ2v) is 5.04. The fourth-order valence-electron chi connectivity index (χ4n) is 1.33. The first-order valence-corrected chi connectivity index (χ1v) is 5.99. The molecule has 0 aliphatic heterocycles. The molecule has 5 heteroatoms. The molecule has 1 aromatic carbocycles. The molecular formula is C14H20N2O3. The SMILES string of the molecule is COc1ccc(/C(C)=N/NC(=O)OC(C)(C)C)cc1. The van der Waals surface area contributed by atoms with Crippen molar-refractivity contribution in [2.24, 2.45) is 5.10 Å². The molecule has 0 aromatic heterocycles. The summed E-state index contributed by atoms with van der Waals surface area (Å²) in [5, 5.41) is 3.99. The van der Waals surface area contributed by atoms with Gasteiger partial charge >= 0.3 is 6.09 Å². The van der Waals surface area contributed by atoms with Crippen LogP contribution in [0.3, 0.4) is 0 Å². The van der Waals surface area contributed by atoms with Gasteiger partial charge in [0.25, 0.3) is 0 Å². The van der Waals surface area contributed by atoms with Crippen LogP contribution in [0.1, 0.15) is 33.3 Å². The molecule has 1 N–H and O–H groups in total. The van der Waals surface area contributed by atoms with Gasteiger partial charge in [0.05, 0.1) is 12.8 Å². The molecular weight excluding hydrogens is 244 g/mol. The summed E-state index contributed by atoms with van der Waals surface area (Å²) < 4.78 is 10.2. The van der Waals surface area contributed by atoms with Crippen molar-refractivity contribution < 1.29 is 14.3 Å². The highest BCUT2D eigenvalue weighted by Crippen LogP contribution is 2.12. The van der Waals surface area contributed by atoms with E-state index in [2.05, 4.69) is 10.5 Å². The van der Waals surface area contributed by atoms with E-state index in [4.69, 9.17) is 9.47 Å². The van der Waals surface area contributed by atoms with Crippen molar-refractivity contribution in [2.45, 2.75) is 33.3 Å². The lowest BCUT2D eigenvalue weighted by Crippen LogP contribution is -2.30. The summed E-state index contributed by atoms with van der Waals surface area (Å²) in [5.41, 5.74) is 3.42. The number of hydrogen-bond acceptors (Lipinski definition) is 4. The number of hydrazone groups is 1. The molecule has 5 nitrogen and oxygen atoms in total. The summed E-state index contributed by atoms with van der Waals surface area (Å²) in [5.74, 6) is 0.775. The Morgan fingerprint density at radius 2 is 1.79 bits per heavy atom. The van der Waals surface area contributed by atoms with Gasteiger partial charge in [0.2, 0.25) is 0 Å². The summed E-state index contributed by atoms with van der Waals surface area (Å²) in [7, 11) is 1.61. The Morgan fingerprint density at radius 3 is 2.26 bits per heavy atom. The van der Waals surface area contributed by atoms with E-state index in [1.165, 1.54) is 0 Å². The maximum absolute atomic E-state index is 11.4. The molecule has 1 rings (SSSR count). The molecule has 0 bridgehead atoms. The molecule has 104 valence electrons. The van der Waals surface area contributed by atoms with Crippen molar-refractivity contribution in [3.05, 3.63) is 29.8 Å². The molecule has 0 atom stereocenters. The average Bonchev–Trinajstić information content (AvgIpc) is 2.34. The quantitative estimate of drug-likeness (QED) is 0.674. The Morgan fingerprint density at radius 1 is 1.21 bits per heavy atom. The Bertz CT molecular complexity index is 459. The van der Waals surface area contributed by atoms with Gasteiger partial charge in [0.1, 0.15) is 11.4 Å². The molecule has 0 saturated heterocycles. The fraction of sp³-hybridized carbons (Fsp3) is 0.429. The maximum Gasteiger partial charge on any atom is 0.428 e. The first-order valence-electron chi connectivity index (χ1n) is 5.99. The van der Waals surface area contributed by atoms with Crippen LogP contribution >= 0.6 is 0 Å². The van der Waals surface area contributed by atoms with E-state index in [1.807, 2.05) is 24.3 Å². The first kappa shape index (κ1) is 15.0. The van der Waals surface area contributed by atoms with Gasteiger partial charge in [-0.15, -0.1) is 0 Å². The number of nitrogens with one attached hydrogen (secondary N) is 1. The van der Waals surface area contributed by atoms with E-state index in [9.17, 15) is 4.79 Å². The molecule has 0 unspecified atom stereocenters. The number of benzene rings is 1. The van der Waals surface area contributed by atoms with Crippen LogP contribution in [0.2, 0.25) is 0 Å². The van der Waals surface area contributed by atoms with Crippen molar-refractivity contribution in [1.82, 2.24) is 5.43 Å². The smallest absolute Gasteiger partial charge is 0.428 e. The second kappa shape index (κ2) is 6.22. The second-order valence-electron chi connectivity index (χ2n) is 5.04. The largest absolute Gasteiger partial charge is 0.497 e. The van der Waals surface area contributed by atoms with E-state index in [0.717, 1.165) is 11.3 Å². The summed E-state index contributed by atoms with van der Waals surface area (Å²) in [6.07, 6.45) is -0.569. The van der Waals surface area contributed by atoms with Gasteiger partial charge < -0.3 is 9.47 Å². The van der Waals surface area contributed by atoms with Gasteiger partial charge in [-0.05, 0) is 57.5 Å². The molecule has 0 aliphatic rings. The van der Waals surface area contributed by atoms with Gasteiger partial charge in [-0.2, -0.15) is 5.10 Å². The third kappa shape index (κ3) is 5.42. The number of rotatable bonds is 3. The normalized spacial score (nSPS) is 11.9. The minimum Gasteiger partial charge on any atom is -0.497 e. The van der Waals surface area contributed by atoms with Gasteiger partial charge in [-0.3, -0.25) is 0 Å². The highest BCUT2D eigenvalue weighted by atomic mass is 16.6. The van der Waals surface area contributed by atoms with Crippen LogP contribution < -0.4 is 10.2 Å². The summed E-state index contributed by atoms with van der Waals surface area (Å²) >= 11 is 0. The maximum atomic E-state index is 11.4. The molecule has 0 spiro atoms. The highest BCUT2D eigenvalue weighted by Gasteiger charge is 2.15. The minimum absolute atomic E-state index is 0.534. The van der Waals surface area contributed by atoms with E-state index < -0.39 is 11.7 Å². The monoisotopic (exact) mass is 264 g/mol. The van der Waals surface area contributed by atoms with Gasteiger partial charge in [0, 0.05) is 0 Å². The fourth-order valence-corrected chi connectivity index (χ4v) is 1.33. The third-order valence-electron chi connectivity index (χ3n) is 2.22. The van der Waals surface area contributed by atoms with Crippen LogP contribution in [0.4, 0.5) is 4.79 Å². The lowest BCUT2D eigenvalue weighted by atomic mass is 10.1. The Hall–Kier alpha value is -2.04. The van der Waals surface area contributed by atoms with Gasteiger partial charge in [-0.25, -0.2) is 10.2 Å². The zero-order chi connectivity index (χ0) is 14.5. The molecule has 1 amide bonds. The van der Waals surface area contributed by atoms with Crippen LogP contribution in [0.25, 0.3) is 0 Å². The number of methoxy groups -OCH3 is 1. The van der Waals surface area contributed by atoms with Crippen LogP contribution in [0.15, 0.2) is 29.4 Å². The predicted octanol–water partition coefficient (Wildman–Crippen LogP) is 2.94. The van der Waals surface area contributed by atoms with Crippen LogP contribution in [0.5, 0.6) is 5.75 Å². The average molecular weight is 264 g/mol. The lowest BCUT2D eigenvalue weighted by Gasteiger charge is -2.18. The molecule has 0 fully saturated rings. The van der Waals surface area contributed by atoms with E-state index >= 15 is 0 Å². The summed E-state index contributed by atoms with van der Waals surface area (Å²) in [6, 6.07) is 7.41. The van der Waals surface area contributed by atoms with E-state index in [1.54, 1.807) is 34.8 Å². The lowest BCUT2D eigenvalue weighted by molar-refractivity contribution is 0.0529. The number of carbonyl (C=O) groups excluding carboxylic acids is 1. The molecule has 0 aliphatic carbocycles. The molecule has 0 saturated carbocycles. The Balaban J connectivity index is 2.63. The third-order valence-corrected chi connectivity index (χ3v) is 2.22. The predicted molar refractivity (Wildman–Crippen MR) is 74.6 cm³/mol. The van der Waals surface area contributed by atoms with Crippen LogP contribution in [-0.2, 0) is 4.74 Å². The van der Waals surface area contributed by atoms with E-state index in [0.29, 0.717) is 5.71 Å². The number of hydrogen-bond donors (Lipinski definition) is 1. The molecule has 0 radical (unpaired) electrons. The molecule has 19 heavy (non-hydrogen) atoms. The first-order chi connectivity index (χ1) is 8.81. The van der Waals surface area contributed by atoms with Crippen molar-refractivity contribution >= 4 is 11.8 Å². The van der Waals surface area contributed by atoms with Crippen molar-refractivity contribution in [3.63, 3.8) is 0 Å². The topological polar surface area (TPSA) is 59.9 Å². The summed E-state index contributed by atoms with van der Waals surface area (Å²) in [6.45, 7) is 7.20. The van der Waals surface area contributed by atoms with Crippen molar-refractivity contribution in [3.8, 4) is 5.75 Å². The Kier molecular flexibility index (Phi) is 4.92. The van der Waals surface area contributed by atoms with Gasteiger partial charge in [-0.1, -0.05) is 0 Å². The highest BCUT2D eigenvalue weighted by molar-refractivity contribution is 5.99. The van der Waals surface area contributed by atoms with Crippen molar-refractivity contribution in [1.29, 1.82) is 0 Å². The minimum atomic E-state index is -0.569. The standard InChI is InChI=1S/C14H20N2O3/c1-10(11-6-8-12(18-5)9-7-11)15-16-13(17)19-14(2,3)4/h6-9H,1-5H3,(H,16,17)/b15-10+. The zero-order valence-electron chi connectivity index (χ0n) is 12.0. The zero-order valence-corrected chi connectivity index (χ0v) is 12.0. The number of amides is 1. The Labute approximate surface area is 113 Å². The number of carbonyl (C=O) groups is 1. The number of ether oxygens (including phenoxy) is 2. The van der Waals surface area contributed by atoms with Crippen molar-refractivity contribution in [2.75, 3.05) is 7.11 Å². The number of nitrogens with zero attached hydrogens (tertiary/aromatic N) is 1. The molecule has 1 aromatic rings. The summed E-state index contributed by atoms with van der Waals surface area (Å²) in [4.78, 5) is 11.4. The molecule has 0 heterocycles. The van der Waals surface area contributed by atoms with E-state index in [-0.39, 0.29) is 0 Å². The van der Waals surface area contributed by atoms with Crippen LogP contribution in [-0.4, -0.2) is 24.5 Å². The van der Waals surface area contributed by atoms with Gasteiger partial charge in [0.15, 0.2) is 0 Å².